The molecule has 1 unspecified atom stereocenters. The molecule has 0 spiro atoms. The van der Waals surface area contributed by atoms with Crippen LogP contribution in [0, 0.1) is 17.0 Å². The van der Waals surface area contributed by atoms with E-state index in [1.54, 1.807) is 6.07 Å². The molecule has 0 aromatic heterocycles. The molecule has 1 atom stereocenters. The molecule has 2 rings (SSSR count). The molecule has 1 aromatic carbocycles. The average molecular weight is 264 g/mol. The number of hydrogen-bond donors (Lipinski definition) is 1. The highest BCUT2D eigenvalue weighted by Crippen LogP contribution is 2.22. The van der Waals surface area contributed by atoms with E-state index < -0.39 is 0 Å². The highest BCUT2D eigenvalue weighted by molar-refractivity contribution is 5.42. The summed E-state index contributed by atoms with van der Waals surface area (Å²) in [5, 5.41) is 14.2. The Bertz CT molecular complexity index is 442. The number of nitro benzene ring substituents is 1. The topological polar surface area (TPSA) is 64.4 Å². The zero-order chi connectivity index (χ0) is 13.7. The molecular formula is C14H20N2O3. The molecule has 1 saturated heterocycles. The Labute approximate surface area is 113 Å². The van der Waals surface area contributed by atoms with Gasteiger partial charge in [-0.3, -0.25) is 10.1 Å². The summed E-state index contributed by atoms with van der Waals surface area (Å²) in [6.07, 6.45) is 4.66. The molecule has 0 amide bonds. The highest BCUT2D eigenvalue weighted by atomic mass is 16.6. The number of nitro groups is 1. The van der Waals surface area contributed by atoms with Gasteiger partial charge in [-0.25, -0.2) is 0 Å². The van der Waals surface area contributed by atoms with Crippen molar-refractivity contribution >= 4 is 5.69 Å². The van der Waals surface area contributed by atoms with Crippen molar-refractivity contribution in [2.45, 2.75) is 38.6 Å². The zero-order valence-electron chi connectivity index (χ0n) is 11.2. The molecule has 1 N–H and O–H groups in total. The number of non-ortho nitro benzene ring substituents is 1. The van der Waals surface area contributed by atoms with E-state index in [0.29, 0.717) is 18.4 Å². The molecular weight excluding hydrogens is 244 g/mol. The van der Waals surface area contributed by atoms with Crippen molar-refractivity contribution in [3.8, 4) is 5.75 Å². The van der Waals surface area contributed by atoms with Gasteiger partial charge in [-0.2, -0.15) is 0 Å². The molecule has 0 aliphatic carbocycles. The quantitative estimate of drug-likeness (QED) is 0.656. The van der Waals surface area contributed by atoms with E-state index in [-0.39, 0.29) is 10.6 Å². The fourth-order valence-corrected chi connectivity index (χ4v) is 2.41. The lowest BCUT2D eigenvalue weighted by Gasteiger charge is -2.23. The lowest BCUT2D eigenvalue weighted by Crippen LogP contribution is -2.35. The summed E-state index contributed by atoms with van der Waals surface area (Å²) in [5.41, 5.74) is 0.936. The van der Waals surface area contributed by atoms with E-state index in [2.05, 4.69) is 5.32 Å². The normalized spacial score (nSPS) is 19.1. The van der Waals surface area contributed by atoms with Gasteiger partial charge in [-0.15, -0.1) is 0 Å². The Morgan fingerprint density at radius 1 is 1.42 bits per heavy atom. The molecule has 19 heavy (non-hydrogen) atoms. The second-order valence-corrected chi connectivity index (χ2v) is 5.05. The van der Waals surface area contributed by atoms with Gasteiger partial charge in [0.1, 0.15) is 5.75 Å². The van der Waals surface area contributed by atoms with Crippen molar-refractivity contribution in [2.24, 2.45) is 0 Å². The van der Waals surface area contributed by atoms with Gasteiger partial charge in [0.2, 0.25) is 0 Å². The maximum Gasteiger partial charge on any atom is 0.273 e. The van der Waals surface area contributed by atoms with Gasteiger partial charge in [0.15, 0.2) is 0 Å². The summed E-state index contributed by atoms with van der Waals surface area (Å²) in [4.78, 5) is 10.4. The highest BCUT2D eigenvalue weighted by Gasteiger charge is 2.13. The van der Waals surface area contributed by atoms with E-state index in [1.807, 2.05) is 13.0 Å². The van der Waals surface area contributed by atoms with Crippen molar-refractivity contribution in [1.82, 2.24) is 5.32 Å². The summed E-state index contributed by atoms with van der Waals surface area (Å²) >= 11 is 0. The fraction of sp³-hybridized carbons (Fsp3) is 0.571. The van der Waals surface area contributed by atoms with Crippen molar-refractivity contribution in [1.29, 1.82) is 0 Å². The van der Waals surface area contributed by atoms with E-state index in [9.17, 15) is 10.1 Å². The lowest BCUT2D eigenvalue weighted by molar-refractivity contribution is -0.385. The number of rotatable bonds is 5. The summed E-state index contributed by atoms with van der Waals surface area (Å²) < 4.78 is 5.64. The van der Waals surface area contributed by atoms with Crippen LogP contribution in [0.25, 0.3) is 0 Å². The number of hydrogen-bond acceptors (Lipinski definition) is 4. The van der Waals surface area contributed by atoms with Gasteiger partial charge in [0.25, 0.3) is 5.69 Å². The Morgan fingerprint density at radius 3 is 2.95 bits per heavy atom. The SMILES string of the molecule is Cc1cc(OCCC2CCCCN2)cc([N+](=O)[O-])c1. The molecule has 0 bridgehead atoms. The van der Waals surface area contributed by atoms with Gasteiger partial charge in [0.05, 0.1) is 17.6 Å². The minimum Gasteiger partial charge on any atom is -0.493 e. The largest absolute Gasteiger partial charge is 0.493 e. The molecule has 1 aromatic rings. The van der Waals surface area contributed by atoms with Gasteiger partial charge in [-0.05, 0) is 44.4 Å². The molecule has 0 saturated carbocycles. The first-order valence-electron chi connectivity index (χ1n) is 6.77. The first-order valence-corrected chi connectivity index (χ1v) is 6.77. The summed E-state index contributed by atoms with van der Waals surface area (Å²) in [5.74, 6) is 0.586. The van der Waals surface area contributed by atoms with Gasteiger partial charge in [-0.1, -0.05) is 6.42 Å². The Morgan fingerprint density at radius 2 is 2.26 bits per heavy atom. The first kappa shape index (κ1) is 13.8. The molecule has 5 heteroatoms. The maximum absolute atomic E-state index is 10.8. The van der Waals surface area contributed by atoms with Crippen LogP contribution in [0.2, 0.25) is 0 Å². The molecule has 1 heterocycles. The van der Waals surface area contributed by atoms with Crippen LogP contribution in [0.1, 0.15) is 31.2 Å². The van der Waals surface area contributed by atoms with E-state index in [0.717, 1.165) is 18.5 Å². The van der Waals surface area contributed by atoms with Crippen LogP contribution in [0.4, 0.5) is 5.69 Å². The van der Waals surface area contributed by atoms with Crippen molar-refractivity contribution in [3.63, 3.8) is 0 Å². The predicted molar refractivity (Wildman–Crippen MR) is 73.6 cm³/mol. The van der Waals surface area contributed by atoms with Crippen molar-refractivity contribution in [3.05, 3.63) is 33.9 Å². The van der Waals surface area contributed by atoms with E-state index >= 15 is 0 Å². The minimum absolute atomic E-state index is 0.0887. The maximum atomic E-state index is 10.8. The third kappa shape index (κ3) is 4.21. The lowest BCUT2D eigenvalue weighted by atomic mass is 10.0. The Hall–Kier alpha value is -1.62. The zero-order valence-corrected chi connectivity index (χ0v) is 11.2. The summed E-state index contributed by atoms with van der Waals surface area (Å²) in [7, 11) is 0. The minimum atomic E-state index is -0.386. The average Bonchev–Trinajstić information content (AvgIpc) is 2.39. The standard InChI is InChI=1S/C14H20N2O3/c1-11-8-13(16(17)18)10-14(9-11)19-7-5-12-4-2-3-6-15-12/h8-10,12,15H,2-7H2,1H3. The number of ether oxygens (including phenoxy) is 1. The number of nitrogens with one attached hydrogen (secondary N) is 1. The second kappa shape index (κ2) is 6.52. The van der Waals surface area contributed by atoms with E-state index in [4.69, 9.17) is 4.74 Å². The van der Waals surface area contributed by atoms with Gasteiger partial charge in [0, 0.05) is 12.1 Å². The summed E-state index contributed by atoms with van der Waals surface area (Å²) in [6, 6.07) is 5.39. The van der Waals surface area contributed by atoms with Gasteiger partial charge >= 0.3 is 0 Å². The van der Waals surface area contributed by atoms with Crippen molar-refractivity contribution < 1.29 is 9.66 Å². The first-order chi connectivity index (χ1) is 9.15. The second-order valence-electron chi connectivity index (χ2n) is 5.05. The predicted octanol–water partition coefficient (Wildman–Crippen LogP) is 2.81. The molecule has 104 valence electrons. The van der Waals surface area contributed by atoms with Crippen LogP contribution in [-0.2, 0) is 0 Å². The third-order valence-electron chi connectivity index (χ3n) is 3.39. The van der Waals surface area contributed by atoms with Crippen LogP contribution >= 0.6 is 0 Å². The van der Waals surface area contributed by atoms with Crippen LogP contribution < -0.4 is 10.1 Å². The molecule has 1 aliphatic heterocycles. The number of aryl methyl sites for hydroxylation is 1. The molecule has 5 nitrogen and oxygen atoms in total. The molecule has 1 fully saturated rings. The number of piperidine rings is 1. The van der Waals surface area contributed by atoms with Crippen LogP contribution in [0.15, 0.2) is 18.2 Å². The third-order valence-corrected chi connectivity index (χ3v) is 3.39. The molecule has 0 radical (unpaired) electrons. The van der Waals surface area contributed by atoms with Crippen LogP contribution in [0.3, 0.4) is 0 Å². The Balaban J connectivity index is 1.86. The number of nitrogens with zero attached hydrogens (tertiary/aromatic N) is 1. The summed E-state index contributed by atoms with van der Waals surface area (Å²) in [6.45, 7) is 3.52. The van der Waals surface area contributed by atoms with Gasteiger partial charge < -0.3 is 10.1 Å². The monoisotopic (exact) mass is 264 g/mol. The molecule has 1 aliphatic rings. The van der Waals surface area contributed by atoms with E-state index in [1.165, 1.54) is 25.3 Å². The number of benzene rings is 1. The van der Waals surface area contributed by atoms with Crippen LogP contribution in [0.5, 0.6) is 5.75 Å². The Kier molecular flexibility index (Phi) is 4.74. The van der Waals surface area contributed by atoms with Crippen LogP contribution in [-0.4, -0.2) is 24.1 Å². The fourth-order valence-electron chi connectivity index (χ4n) is 2.41. The van der Waals surface area contributed by atoms with Crippen molar-refractivity contribution in [2.75, 3.05) is 13.2 Å². The smallest absolute Gasteiger partial charge is 0.273 e.